The van der Waals surface area contributed by atoms with Crippen molar-refractivity contribution in [3.8, 4) is 11.4 Å². The molecule has 0 saturated heterocycles. The SMILES string of the molecule is Cc1c(C(C)OC(=O)Nc2cccnc2)sc2nc(-c3ccncc3)nn12. The van der Waals surface area contributed by atoms with E-state index in [1.165, 1.54) is 11.3 Å². The lowest BCUT2D eigenvalue weighted by molar-refractivity contribution is 0.122. The van der Waals surface area contributed by atoms with E-state index >= 15 is 0 Å². The summed E-state index contributed by atoms with van der Waals surface area (Å²) in [6.07, 6.45) is 5.64. The molecule has 4 heterocycles. The molecule has 0 aliphatic carbocycles. The van der Waals surface area contributed by atoms with Crippen LogP contribution in [0.1, 0.15) is 23.6 Å². The molecule has 4 aromatic rings. The van der Waals surface area contributed by atoms with Gasteiger partial charge in [0.1, 0.15) is 6.10 Å². The predicted octanol–water partition coefficient (Wildman–Crippen LogP) is 3.87. The monoisotopic (exact) mass is 380 g/mol. The molecule has 1 N–H and O–H groups in total. The third-order valence-electron chi connectivity index (χ3n) is 3.95. The minimum atomic E-state index is -0.536. The number of carbonyl (C=O) groups is 1. The summed E-state index contributed by atoms with van der Waals surface area (Å²) in [6.45, 7) is 3.76. The summed E-state index contributed by atoms with van der Waals surface area (Å²) in [5.41, 5.74) is 2.38. The average Bonchev–Trinajstić information content (AvgIpc) is 3.23. The van der Waals surface area contributed by atoms with E-state index < -0.39 is 12.2 Å². The van der Waals surface area contributed by atoms with Crippen LogP contribution in [0, 0.1) is 6.92 Å². The van der Waals surface area contributed by atoms with Crippen LogP contribution >= 0.6 is 11.3 Å². The zero-order valence-corrected chi connectivity index (χ0v) is 15.5. The van der Waals surface area contributed by atoms with Gasteiger partial charge in [-0.2, -0.15) is 4.98 Å². The quantitative estimate of drug-likeness (QED) is 0.578. The van der Waals surface area contributed by atoms with Crippen LogP contribution in [0.15, 0.2) is 49.1 Å². The van der Waals surface area contributed by atoms with Crippen LogP contribution in [-0.2, 0) is 4.74 Å². The van der Waals surface area contributed by atoms with Crippen LogP contribution in [0.25, 0.3) is 16.3 Å². The van der Waals surface area contributed by atoms with Crippen molar-refractivity contribution in [1.29, 1.82) is 0 Å². The molecule has 0 radical (unpaired) electrons. The molecular weight excluding hydrogens is 364 g/mol. The van der Waals surface area contributed by atoms with Crippen LogP contribution < -0.4 is 5.32 Å². The summed E-state index contributed by atoms with van der Waals surface area (Å²) in [5, 5.41) is 7.21. The number of pyridine rings is 2. The molecule has 1 amide bonds. The van der Waals surface area contributed by atoms with Gasteiger partial charge in [0.05, 0.1) is 22.5 Å². The van der Waals surface area contributed by atoms with Gasteiger partial charge < -0.3 is 4.74 Å². The number of rotatable bonds is 4. The second kappa shape index (κ2) is 7.12. The number of thiazole rings is 1. The fourth-order valence-corrected chi connectivity index (χ4v) is 3.70. The van der Waals surface area contributed by atoms with Gasteiger partial charge in [0, 0.05) is 24.2 Å². The molecule has 0 saturated carbocycles. The van der Waals surface area contributed by atoms with Crippen molar-refractivity contribution in [2.45, 2.75) is 20.0 Å². The highest BCUT2D eigenvalue weighted by Gasteiger charge is 2.21. The molecule has 27 heavy (non-hydrogen) atoms. The Morgan fingerprint density at radius 2 is 2.04 bits per heavy atom. The van der Waals surface area contributed by atoms with E-state index in [1.807, 2.05) is 26.0 Å². The second-order valence-corrected chi connectivity index (χ2v) is 6.84. The van der Waals surface area contributed by atoms with Crippen LogP contribution in [0.2, 0.25) is 0 Å². The molecule has 0 aliphatic heterocycles. The first-order chi connectivity index (χ1) is 13.1. The summed E-state index contributed by atoms with van der Waals surface area (Å²) in [4.78, 5) is 26.3. The number of carbonyl (C=O) groups excluding carboxylic acids is 1. The summed E-state index contributed by atoms with van der Waals surface area (Å²) >= 11 is 1.45. The fraction of sp³-hybridized carbons (Fsp3) is 0.167. The van der Waals surface area contributed by atoms with E-state index in [0.29, 0.717) is 11.5 Å². The van der Waals surface area contributed by atoms with Gasteiger partial charge >= 0.3 is 6.09 Å². The van der Waals surface area contributed by atoms with Crippen LogP contribution in [-0.4, -0.2) is 30.7 Å². The van der Waals surface area contributed by atoms with Crippen molar-refractivity contribution >= 4 is 28.1 Å². The lowest BCUT2D eigenvalue weighted by Gasteiger charge is -2.13. The third-order valence-corrected chi connectivity index (χ3v) is 5.25. The predicted molar refractivity (Wildman–Crippen MR) is 102 cm³/mol. The normalized spacial score (nSPS) is 12.1. The number of hydrogen-bond donors (Lipinski definition) is 1. The number of aryl methyl sites for hydroxylation is 1. The lowest BCUT2D eigenvalue weighted by atomic mass is 10.3. The number of fused-ring (bicyclic) bond motifs is 1. The Balaban J connectivity index is 1.52. The van der Waals surface area contributed by atoms with Gasteiger partial charge in [0.25, 0.3) is 0 Å². The van der Waals surface area contributed by atoms with Crippen LogP contribution in [0.4, 0.5) is 10.5 Å². The number of aromatic nitrogens is 5. The van der Waals surface area contributed by atoms with E-state index in [2.05, 4.69) is 25.4 Å². The Hall–Kier alpha value is -3.33. The first-order valence-corrected chi connectivity index (χ1v) is 9.07. The molecule has 0 bridgehead atoms. The summed E-state index contributed by atoms with van der Waals surface area (Å²) in [6, 6.07) is 7.21. The molecule has 1 atom stereocenters. The van der Waals surface area contributed by atoms with Gasteiger partial charge in [-0.3, -0.25) is 15.3 Å². The molecule has 8 nitrogen and oxygen atoms in total. The first-order valence-electron chi connectivity index (χ1n) is 8.26. The van der Waals surface area contributed by atoms with Crippen molar-refractivity contribution < 1.29 is 9.53 Å². The first kappa shape index (κ1) is 17.1. The smallest absolute Gasteiger partial charge is 0.412 e. The van der Waals surface area contributed by atoms with E-state index in [-0.39, 0.29) is 0 Å². The van der Waals surface area contributed by atoms with Gasteiger partial charge in [0.15, 0.2) is 5.82 Å². The topological polar surface area (TPSA) is 94.3 Å². The highest BCUT2D eigenvalue weighted by molar-refractivity contribution is 7.17. The summed E-state index contributed by atoms with van der Waals surface area (Å²) in [5.74, 6) is 0.640. The Kier molecular flexibility index (Phi) is 4.51. The number of nitrogens with one attached hydrogen (secondary N) is 1. The molecule has 4 rings (SSSR count). The molecular formula is C18H16N6O2S. The maximum Gasteiger partial charge on any atom is 0.412 e. The minimum absolute atomic E-state index is 0.431. The van der Waals surface area contributed by atoms with Crippen molar-refractivity contribution in [3.05, 3.63) is 59.6 Å². The Labute approximate surface area is 158 Å². The molecule has 4 aromatic heterocycles. The number of nitrogens with zero attached hydrogens (tertiary/aromatic N) is 5. The number of anilines is 1. The molecule has 0 aromatic carbocycles. The van der Waals surface area contributed by atoms with E-state index in [9.17, 15) is 4.79 Å². The van der Waals surface area contributed by atoms with Crippen LogP contribution in [0.5, 0.6) is 0 Å². The van der Waals surface area contributed by atoms with Gasteiger partial charge in [-0.25, -0.2) is 9.31 Å². The number of hydrogen-bond acceptors (Lipinski definition) is 7. The zero-order chi connectivity index (χ0) is 18.8. The van der Waals surface area contributed by atoms with Gasteiger partial charge in [-0.15, -0.1) is 5.10 Å². The highest BCUT2D eigenvalue weighted by Crippen LogP contribution is 2.31. The average molecular weight is 380 g/mol. The maximum absolute atomic E-state index is 12.1. The molecule has 0 aliphatic rings. The van der Waals surface area contributed by atoms with Crippen molar-refractivity contribution in [1.82, 2.24) is 24.6 Å². The highest BCUT2D eigenvalue weighted by atomic mass is 32.1. The Morgan fingerprint density at radius 3 is 2.74 bits per heavy atom. The molecule has 0 spiro atoms. The van der Waals surface area contributed by atoms with E-state index in [4.69, 9.17) is 4.74 Å². The van der Waals surface area contributed by atoms with Gasteiger partial charge in [-0.1, -0.05) is 11.3 Å². The van der Waals surface area contributed by atoms with E-state index in [0.717, 1.165) is 21.1 Å². The standard InChI is InChI=1S/C18H16N6O2S/c1-11-15(12(2)26-18(25)21-14-4-3-7-20-10-14)27-17-22-16(23-24(11)17)13-5-8-19-9-6-13/h3-10,12H,1-2H3,(H,21,25). The van der Waals surface area contributed by atoms with E-state index in [1.54, 1.807) is 41.4 Å². The van der Waals surface area contributed by atoms with Crippen molar-refractivity contribution in [3.63, 3.8) is 0 Å². The number of ether oxygens (including phenoxy) is 1. The molecule has 1 unspecified atom stereocenters. The third kappa shape index (κ3) is 3.49. The fourth-order valence-electron chi connectivity index (χ4n) is 2.66. The molecule has 9 heteroatoms. The van der Waals surface area contributed by atoms with Gasteiger partial charge in [-0.05, 0) is 38.1 Å². The minimum Gasteiger partial charge on any atom is -0.440 e. The van der Waals surface area contributed by atoms with Crippen LogP contribution in [0.3, 0.4) is 0 Å². The maximum atomic E-state index is 12.1. The number of amides is 1. The summed E-state index contributed by atoms with van der Waals surface area (Å²) in [7, 11) is 0. The van der Waals surface area contributed by atoms with Crippen molar-refractivity contribution in [2.24, 2.45) is 0 Å². The molecule has 136 valence electrons. The Morgan fingerprint density at radius 1 is 1.22 bits per heavy atom. The van der Waals surface area contributed by atoms with Crippen molar-refractivity contribution in [2.75, 3.05) is 5.32 Å². The lowest BCUT2D eigenvalue weighted by Crippen LogP contribution is -2.16. The second-order valence-electron chi connectivity index (χ2n) is 5.83. The Bertz CT molecular complexity index is 1080. The molecule has 0 fully saturated rings. The summed E-state index contributed by atoms with van der Waals surface area (Å²) < 4.78 is 7.26. The zero-order valence-electron chi connectivity index (χ0n) is 14.7. The largest absolute Gasteiger partial charge is 0.440 e. The van der Waals surface area contributed by atoms with Gasteiger partial charge in [0.2, 0.25) is 4.96 Å².